The van der Waals surface area contributed by atoms with Gasteiger partial charge in [-0.05, 0) is 30.7 Å². The summed E-state index contributed by atoms with van der Waals surface area (Å²) >= 11 is 0. The molecular weight excluding hydrogens is 242 g/mol. The van der Waals surface area contributed by atoms with Gasteiger partial charge in [-0.1, -0.05) is 61.7 Å². The third-order valence-electron chi connectivity index (χ3n) is 4.54. The standard InChI is InChI=1S/C19H23N/c1-2-13-19(14-6-3-7-15-19)20-18-12-8-10-16-9-4-5-11-17(16)18/h2,4-5,8-12,20H,1,3,6-7,13-15H2. The molecule has 104 valence electrons. The Labute approximate surface area is 121 Å². The molecule has 2 aromatic rings. The molecule has 0 radical (unpaired) electrons. The first-order valence-electron chi connectivity index (χ1n) is 7.70. The van der Waals surface area contributed by atoms with Crippen LogP contribution in [-0.2, 0) is 0 Å². The Hall–Kier alpha value is -1.76. The van der Waals surface area contributed by atoms with Crippen LogP contribution in [0.4, 0.5) is 5.69 Å². The molecule has 1 heteroatoms. The minimum absolute atomic E-state index is 0.212. The van der Waals surface area contributed by atoms with E-state index in [0.717, 1.165) is 6.42 Å². The lowest BCUT2D eigenvalue weighted by Crippen LogP contribution is -2.39. The molecule has 0 atom stereocenters. The maximum atomic E-state index is 3.96. The Morgan fingerprint density at radius 2 is 1.75 bits per heavy atom. The van der Waals surface area contributed by atoms with Gasteiger partial charge < -0.3 is 5.32 Å². The van der Waals surface area contributed by atoms with Gasteiger partial charge in [-0.3, -0.25) is 0 Å². The molecule has 0 aliphatic heterocycles. The molecule has 0 saturated heterocycles. The fourth-order valence-electron chi connectivity index (χ4n) is 3.51. The zero-order valence-electron chi connectivity index (χ0n) is 12.1. The molecule has 1 fully saturated rings. The maximum Gasteiger partial charge on any atom is 0.0424 e. The summed E-state index contributed by atoms with van der Waals surface area (Å²) in [5, 5.41) is 6.50. The highest BCUT2D eigenvalue weighted by atomic mass is 15.0. The second-order valence-corrected chi connectivity index (χ2v) is 5.99. The van der Waals surface area contributed by atoms with E-state index in [2.05, 4.69) is 60.4 Å². The highest BCUT2D eigenvalue weighted by Crippen LogP contribution is 2.36. The number of hydrogen-bond acceptors (Lipinski definition) is 1. The van der Waals surface area contributed by atoms with Gasteiger partial charge in [0.2, 0.25) is 0 Å². The molecule has 1 saturated carbocycles. The summed E-state index contributed by atoms with van der Waals surface area (Å²) in [5.74, 6) is 0. The summed E-state index contributed by atoms with van der Waals surface area (Å²) in [7, 11) is 0. The maximum absolute atomic E-state index is 3.96. The van der Waals surface area contributed by atoms with Crippen LogP contribution in [-0.4, -0.2) is 5.54 Å². The molecule has 0 bridgehead atoms. The fraction of sp³-hybridized carbons (Fsp3) is 0.368. The number of fused-ring (bicyclic) bond motifs is 1. The smallest absolute Gasteiger partial charge is 0.0424 e. The average Bonchev–Trinajstić information content (AvgIpc) is 2.49. The van der Waals surface area contributed by atoms with Crippen molar-refractivity contribution >= 4 is 16.5 Å². The first kappa shape index (κ1) is 13.2. The molecule has 1 aliphatic rings. The predicted octanol–water partition coefficient (Wildman–Crippen LogP) is 5.53. The molecule has 1 nitrogen and oxygen atoms in total. The molecule has 0 aromatic heterocycles. The van der Waals surface area contributed by atoms with E-state index in [1.165, 1.54) is 48.6 Å². The molecule has 1 N–H and O–H groups in total. The minimum Gasteiger partial charge on any atom is -0.379 e. The van der Waals surface area contributed by atoms with Gasteiger partial charge in [-0.15, -0.1) is 6.58 Å². The van der Waals surface area contributed by atoms with Crippen LogP contribution in [0.15, 0.2) is 55.1 Å². The van der Waals surface area contributed by atoms with Gasteiger partial charge in [0.05, 0.1) is 0 Å². The van der Waals surface area contributed by atoms with E-state index in [0.29, 0.717) is 0 Å². The van der Waals surface area contributed by atoms with Crippen molar-refractivity contribution < 1.29 is 0 Å². The summed E-state index contributed by atoms with van der Waals surface area (Å²) in [6.45, 7) is 3.96. The highest BCUT2D eigenvalue weighted by molar-refractivity contribution is 5.94. The molecule has 3 rings (SSSR count). The summed E-state index contributed by atoms with van der Waals surface area (Å²) in [5.41, 5.74) is 1.48. The molecule has 0 heterocycles. The van der Waals surface area contributed by atoms with Crippen LogP contribution in [0.1, 0.15) is 38.5 Å². The van der Waals surface area contributed by atoms with Crippen LogP contribution in [0.3, 0.4) is 0 Å². The molecule has 2 aromatic carbocycles. The van der Waals surface area contributed by atoms with Crippen LogP contribution in [0.5, 0.6) is 0 Å². The van der Waals surface area contributed by atoms with Gasteiger partial charge in [0.1, 0.15) is 0 Å². The SMILES string of the molecule is C=CCC1(Nc2cccc3ccccc23)CCCCC1. The van der Waals surface area contributed by atoms with Crippen molar-refractivity contribution in [1.29, 1.82) is 0 Å². The van der Waals surface area contributed by atoms with Crippen LogP contribution >= 0.6 is 0 Å². The van der Waals surface area contributed by atoms with Crippen LogP contribution in [0, 0.1) is 0 Å². The number of rotatable bonds is 4. The van der Waals surface area contributed by atoms with Crippen molar-refractivity contribution in [3.8, 4) is 0 Å². The number of hydrogen-bond donors (Lipinski definition) is 1. The zero-order valence-corrected chi connectivity index (χ0v) is 12.1. The van der Waals surface area contributed by atoms with Gasteiger partial charge in [-0.2, -0.15) is 0 Å². The quantitative estimate of drug-likeness (QED) is 0.717. The summed E-state index contributed by atoms with van der Waals surface area (Å²) in [6.07, 6.45) is 9.65. The molecule has 0 spiro atoms. The highest BCUT2D eigenvalue weighted by Gasteiger charge is 2.30. The Morgan fingerprint density at radius 1 is 1.00 bits per heavy atom. The predicted molar refractivity (Wildman–Crippen MR) is 88.2 cm³/mol. The van der Waals surface area contributed by atoms with Crippen molar-refractivity contribution in [3.05, 3.63) is 55.1 Å². The fourth-order valence-corrected chi connectivity index (χ4v) is 3.51. The molecule has 0 unspecified atom stereocenters. The third-order valence-corrected chi connectivity index (χ3v) is 4.54. The number of nitrogens with one attached hydrogen (secondary N) is 1. The zero-order chi connectivity index (χ0) is 13.8. The van der Waals surface area contributed by atoms with E-state index in [1.807, 2.05) is 0 Å². The van der Waals surface area contributed by atoms with E-state index in [-0.39, 0.29) is 5.54 Å². The lowest BCUT2D eigenvalue weighted by atomic mass is 9.79. The first-order valence-corrected chi connectivity index (χ1v) is 7.70. The summed E-state index contributed by atoms with van der Waals surface area (Å²) in [6, 6.07) is 15.2. The molecule has 20 heavy (non-hydrogen) atoms. The van der Waals surface area contributed by atoms with Crippen LogP contribution in [0.2, 0.25) is 0 Å². The number of anilines is 1. The molecule has 1 aliphatic carbocycles. The Kier molecular flexibility index (Phi) is 3.77. The van der Waals surface area contributed by atoms with Crippen molar-refractivity contribution in [2.75, 3.05) is 5.32 Å². The third kappa shape index (κ3) is 2.58. The Balaban J connectivity index is 1.96. The van der Waals surface area contributed by atoms with Crippen molar-refractivity contribution in [2.45, 2.75) is 44.1 Å². The van der Waals surface area contributed by atoms with E-state index >= 15 is 0 Å². The van der Waals surface area contributed by atoms with Gasteiger partial charge in [0, 0.05) is 16.6 Å². The van der Waals surface area contributed by atoms with Crippen LogP contribution < -0.4 is 5.32 Å². The van der Waals surface area contributed by atoms with Crippen molar-refractivity contribution in [3.63, 3.8) is 0 Å². The normalized spacial score (nSPS) is 17.8. The second kappa shape index (κ2) is 5.70. The van der Waals surface area contributed by atoms with Crippen molar-refractivity contribution in [1.82, 2.24) is 0 Å². The van der Waals surface area contributed by atoms with Crippen molar-refractivity contribution in [2.24, 2.45) is 0 Å². The average molecular weight is 265 g/mol. The Bertz CT molecular complexity index is 588. The first-order chi connectivity index (χ1) is 9.83. The Morgan fingerprint density at radius 3 is 2.55 bits per heavy atom. The summed E-state index contributed by atoms with van der Waals surface area (Å²) in [4.78, 5) is 0. The summed E-state index contributed by atoms with van der Waals surface area (Å²) < 4.78 is 0. The topological polar surface area (TPSA) is 12.0 Å². The lowest BCUT2D eigenvalue weighted by Gasteiger charge is -2.39. The largest absolute Gasteiger partial charge is 0.379 e. The van der Waals surface area contributed by atoms with Crippen LogP contribution in [0.25, 0.3) is 10.8 Å². The van der Waals surface area contributed by atoms with Gasteiger partial charge in [0.25, 0.3) is 0 Å². The van der Waals surface area contributed by atoms with Gasteiger partial charge in [0.15, 0.2) is 0 Å². The van der Waals surface area contributed by atoms with Gasteiger partial charge >= 0.3 is 0 Å². The lowest BCUT2D eigenvalue weighted by molar-refractivity contribution is 0.326. The van der Waals surface area contributed by atoms with E-state index in [9.17, 15) is 0 Å². The van der Waals surface area contributed by atoms with E-state index < -0.39 is 0 Å². The number of benzene rings is 2. The van der Waals surface area contributed by atoms with E-state index in [4.69, 9.17) is 0 Å². The van der Waals surface area contributed by atoms with Gasteiger partial charge in [-0.25, -0.2) is 0 Å². The van der Waals surface area contributed by atoms with E-state index in [1.54, 1.807) is 0 Å². The monoisotopic (exact) mass is 265 g/mol. The minimum atomic E-state index is 0.212. The molecule has 0 amide bonds. The second-order valence-electron chi connectivity index (χ2n) is 5.99. The molecular formula is C19H23N.